The number of fused-ring (bicyclic) bond motifs is 1. The SMILES string of the molecule is CCC/C(=N\OCC)C1=C(O)CC(c2c(C)c3ccccc3n2C)CC1=O.[Na]. The Hall–Kier alpha value is -1.56. The summed E-state index contributed by atoms with van der Waals surface area (Å²) >= 11 is 0. The number of hydrogen-bond acceptors (Lipinski definition) is 4. The Morgan fingerprint density at radius 1 is 1.29 bits per heavy atom. The number of benzene rings is 1. The number of para-hydroxylation sites is 1. The van der Waals surface area contributed by atoms with Crippen molar-refractivity contribution >= 4 is 52.0 Å². The Bertz CT molecular complexity index is 888. The molecule has 1 N–H and O–H groups in total. The average Bonchev–Trinajstić information content (AvgIpc) is 2.90. The van der Waals surface area contributed by atoms with E-state index < -0.39 is 0 Å². The van der Waals surface area contributed by atoms with Crippen molar-refractivity contribution in [2.75, 3.05) is 6.61 Å². The number of hydrogen-bond donors (Lipinski definition) is 1. The molecule has 2 aromatic rings. The van der Waals surface area contributed by atoms with Crippen LogP contribution in [0.3, 0.4) is 0 Å². The summed E-state index contributed by atoms with van der Waals surface area (Å²) in [6.07, 6.45) is 2.27. The summed E-state index contributed by atoms with van der Waals surface area (Å²) in [6, 6.07) is 8.25. The fraction of sp³-hybridized carbons (Fsp3) is 0.455. The maximum atomic E-state index is 12.9. The Balaban J connectivity index is 0.00000280. The number of aliphatic hydroxyl groups excluding tert-OH is 1. The van der Waals surface area contributed by atoms with Crippen LogP contribution in [-0.4, -0.2) is 57.3 Å². The molecule has 1 atom stereocenters. The third kappa shape index (κ3) is 4.22. The van der Waals surface area contributed by atoms with Crippen LogP contribution in [0.2, 0.25) is 0 Å². The van der Waals surface area contributed by atoms with Crippen molar-refractivity contribution in [2.24, 2.45) is 12.2 Å². The summed E-state index contributed by atoms with van der Waals surface area (Å²) in [7, 11) is 2.03. The third-order valence-electron chi connectivity index (χ3n) is 5.32. The van der Waals surface area contributed by atoms with E-state index in [1.165, 1.54) is 10.9 Å². The van der Waals surface area contributed by atoms with Crippen molar-refractivity contribution in [1.29, 1.82) is 0 Å². The molecule has 0 saturated heterocycles. The van der Waals surface area contributed by atoms with Crippen molar-refractivity contribution in [3.05, 3.63) is 46.9 Å². The Labute approximate surface area is 188 Å². The van der Waals surface area contributed by atoms with Crippen LogP contribution in [0.4, 0.5) is 0 Å². The van der Waals surface area contributed by atoms with Gasteiger partial charge in [-0.1, -0.05) is 36.7 Å². The molecule has 1 unspecified atom stereocenters. The standard InChI is InChI=1S/C22H28N2O3.Na/c1-5-9-17(23-27-6-2)21-19(25)12-15(13-20(21)26)22-14(3)16-10-7-8-11-18(16)24(22)4;/h7-8,10-11,15,25H,5-6,9,12-13H2,1-4H3;/b23-17+;. The van der Waals surface area contributed by atoms with Crippen LogP contribution in [0.25, 0.3) is 10.9 Å². The zero-order valence-electron chi connectivity index (χ0n) is 17.6. The number of nitrogens with zero attached hydrogens (tertiary/aromatic N) is 2. The number of carbonyl (C=O) groups excluding carboxylic acids is 1. The van der Waals surface area contributed by atoms with Crippen molar-refractivity contribution in [3.63, 3.8) is 0 Å². The van der Waals surface area contributed by atoms with Gasteiger partial charge in [-0.2, -0.15) is 0 Å². The van der Waals surface area contributed by atoms with Gasteiger partial charge >= 0.3 is 0 Å². The van der Waals surface area contributed by atoms with Crippen LogP contribution in [0.15, 0.2) is 40.8 Å². The molecule has 6 heteroatoms. The summed E-state index contributed by atoms with van der Waals surface area (Å²) in [5, 5.41) is 16.0. The molecule has 145 valence electrons. The zero-order chi connectivity index (χ0) is 19.6. The summed E-state index contributed by atoms with van der Waals surface area (Å²) < 4.78 is 2.15. The fourth-order valence-corrected chi connectivity index (χ4v) is 4.19. The quantitative estimate of drug-likeness (QED) is 0.446. The second-order valence-corrected chi connectivity index (χ2v) is 7.14. The second kappa shape index (κ2) is 9.77. The summed E-state index contributed by atoms with van der Waals surface area (Å²) in [4.78, 5) is 18.1. The van der Waals surface area contributed by atoms with Gasteiger partial charge in [0.25, 0.3) is 0 Å². The fourth-order valence-electron chi connectivity index (χ4n) is 4.19. The summed E-state index contributed by atoms with van der Waals surface area (Å²) in [6.45, 7) is 6.40. The number of aliphatic hydroxyl groups is 1. The maximum Gasteiger partial charge on any atom is 0.168 e. The number of oxime groups is 1. The first-order chi connectivity index (χ1) is 13.0. The van der Waals surface area contributed by atoms with Crippen molar-refractivity contribution < 1.29 is 14.7 Å². The van der Waals surface area contributed by atoms with Gasteiger partial charge in [-0.15, -0.1) is 0 Å². The number of Topliss-reactive ketones (excluding diaryl/α,β-unsaturated/α-hetero) is 1. The van der Waals surface area contributed by atoms with E-state index in [-0.39, 0.29) is 47.0 Å². The van der Waals surface area contributed by atoms with Gasteiger partial charge in [0.1, 0.15) is 12.4 Å². The topological polar surface area (TPSA) is 63.8 Å². The van der Waals surface area contributed by atoms with Crippen LogP contribution < -0.4 is 0 Å². The Morgan fingerprint density at radius 3 is 2.61 bits per heavy atom. The van der Waals surface area contributed by atoms with Crippen molar-refractivity contribution in [3.8, 4) is 0 Å². The number of aryl methyl sites for hydroxylation is 2. The minimum Gasteiger partial charge on any atom is -0.511 e. The van der Waals surface area contributed by atoms with Crippen LogP contribution in [-0.2, 0) is 16.7 Å². The van der Waals surface area contributed by atoms with Crippen LogP contribution in [0, 0.1) is 6.92 Å². The average molecular weight is 391 g/mol. The van der Waals surface area contributed by atoms with Gasteiger partial charge in [0.2, 0.25) is 0 Å². The number of rotatable bonds is 6. The molecule has 1 aromatic heterocycles. The molecule has 5 nitrogen and oxygen atoms in total. The molecule has 1 radical (unpaired) electrons. The van der Waals surface area contributed by atoms with Gasteiger partial charge in [0.05, 0.1) is 11.3 Å². The summed E-state index contributed by atoms with van der Waals surface area (Å²) in [5.74, 6) is 0.0433. The largest absolute Gasteiger partial charge is 0.511 e. The molecule has 0 fully saturated rings. The predicted octanol–water partition coefficient (Wildman–Crippen LogP) is 4.56. The van der Waals surface area contributed by atoms with Gasteiger partial charge in [-0.05, 0) is 31.9 Å². The first-order valence-corrected chi connectivity index (χ1v) is 9.67. The Morgan fingerprint density at radius 2 is 2.00 bits per heavy atom. The number of allylic oxidation sites excluding steroid dienone is 2. The van der Waals surface area contributed by atoms with Crippen LogP contribution >= 0.6 is 0 Å². The third-order valence-corrected chi connectivity index (χ3v) is 5.32. The van der Waals surface area contributed by atoms with Gasteiger partial charge in [-0.3, -0.25) is 4.79 Å². The molecule has 0 bridgehead atoms. The van der Waals surface area contributed by atoms with Crippen LogP contribution in [0.1, 0.15) is 56.7 Å². The van der Waals surface area contributed by atoms with E-state index in [4.69, 9.17) is 4.84 Å². The molecule has 0 amide bonds. The first-order valence-electron chi connectivity index (χ1n) is 9.67. The van der Waals surface area contributed by atoms with E-state index in [0.29, 0.717) is 37.2 Å². The van der Waals surface area contributed by atoms with E-state index in [2.05, 4.69) is 28.8 Å². The zero-order valence-corrected chi connectivity index (χ0v) is 19.6. The molecule has 1 aliphatic rings. The molecular formula is C22H28N2NaO3. The van der Waals surface area contributed by atoms with Gasteiger partial charge in [0.15, 0.2) is 5.78 Å². The van der Waals surface area contributed by atoms with E-state index >= 15 is 0 Å². The van der Waals surface area contributed by atoms with Gasteiger partial charge < -0.3 is 14.5 Å². The minimum atomic E-state index is -0.0553. The Kier molecular flexibility index (Phi) is 7.93. The van der Waals surface area contributed by atoms with Gasteiger partial charge in [-0.25, -0.2) is 0 Å². The van der Waals surface area contributed by atoms with E-state index in [1.807, 2.05) is 33.0 Å². The van der Waals surface area contributed by atoms with E-state index in [1.54, 1.807) is 0 Å². The number of ketones is 1. The number of aromatic nitrogens is 1. The molecule has 28 heavy (non-hydrogen) atoms. The maximum absolute atomic E-state index is 12.9. The van der Waals surface area contributed by atoms with E-state index in [9.17, 15) is 9.90 Å². The molecule has 1 aromatic carbocycles. The molecule has 0 spiro atoms. The van der Waals surface area contributed by atoms with Crippen molar-refractivity contribution in [2.45, 2.75) is 52.4 Å². The normalized spacial score (nSPS) is 17.8. The molecule has 0 saturated carbocycles. The monoisotopic (exact) mass is 391 g/mol. The molecular weight excluding hydrogens is 363 g/mol. The minimum absolute atomic E-state index is 0. The molecule has 3 rings (SSSR count). The molecule has 1 heterocycles. The second-order valence-electron chi connectivity index (χ2n) is 7.14. The smallest absolute Gasteiger partial charge is 0.168 e. The van der Waals surface area contributed by atoms with Crippen molar-refractivity contribution in [1.82, 2.24) is 4.57 Å². The number of carbonyl (C=O) groups is 1. The van der Waals surface area contributed by atoms with Crippen LogP contribution in [0.5, 0.6) is 0 Å². The molecule has 1 aliphatic carbocycles. The van der Waals surface area contributed by atoms with Gasteiger partial charge in [0, 0.05) is 72.0 Å². The first kappa shape index (κ1) is 22.7. The summed E-state index contributed by atoms with van der Waals surface area (Å²) in [5.41, 5.74) is 4.37. The van der Waals surface area contributed by atoms with E-state index in [0.717, 1.165) is 17.6 Å². The molecule has 0 aliphatic heterocycles. The predicted molar refractivity (Wildman–Crippen MR) is 114 cm³/mol.